The van der Waals surface area contributed by atoms with E-state index >= 15 is 0 Å². The molecule has 0 fully saturated rings. The van der Waals surface area contributed by atoms with Crippen molar-refractivity contribution in [3.05, 3.63) is 117 Å². The Labute approximate surface area is 206 Å². The predicted octanol–water partition coefficient (Wildman–Crippen LogP) is 6.30. The quantitative estimate of drug-likeness (QED) is 0.172. The molecule has 4 aromatic rings. The second-order valence-corrected chi connectivity index (χ2v) is 7.81. The molecule has 1 aromatic heterocycles. The SMILES string of the molecule is Clc1ccc(C(Cn2ccnc2)OCOc2ccc(-c3ccccc3)cc2)c(Cl)c1.O=[N+]([O-])O. The molecular weight excluding hydrogens is 481 g/mol. The third-order valence-corrected chi connectivity index (χ3v) is 5.26. The van der Waals surface area contributed by atoms with Crippen molar-refractivity contribution in [2.45, 2.75) is 12.6 Å². The first kappa shape index (κ1) is 25.0. The van der Waals surface area contributed by atoms with Crippen LogP contribution < -0.4 is 4.74 Å². The Kier molecular flexibility index (Phi) is 9.28. The van der Waals surface area contributed by atoms with Gasteiger partial charge in [-0.1, -0.05) is 71.7 Å². The third-order valence-electron chi connectivity index (χ3n) is 4.70. The molecular formula is C24H21Cl2N3O5. The molecule has 1 unspecified atom stereocenters. The maximum atomic E-state index is 8.36. The molecule has 0 amide bonds. The van der Waals surface area contributed by atoms with Gasteiger partial charge < -0.3 is 19.2 Å². The van der Waals surface area contributed by atoms with E-state index in [1.54, 1.807) is 24.7 Å². The molecule has 0 radical (unpaired) electrons. The van der Waals surface area contributed by atoms with E-state index < -0.39 is 5.09 Å². The minimum atomic E-state index is -1.50. The fraction of sp³-hybridized carbons (Fsp3) is 0.125. The van der Waals surface area contributed by atoms with Gasteiger partial charge in [-0.05, 0) is 35.4 Å². The molecule has 0 aliphatic heterocycles. The highest BCUT2D eigenvalue weighted by Crippen LogP contribution is 2.30. The van der Waals surface area contributed by atoms with Crippen LogP contribution in [0.25, 0.3) is 11.1 Å². The molecule has 0 saturated carbocycles. The number of halogens is 2. The van der Waals surface area contributed by atoms with Crippen molar-refractivity contribution in [2.24, 2.45) is 0 Å². The second-order valence-electron chi connectivity index (χ2n) is 6.97. The van der Waals surface area contributed by atoms with Gasteiger partial charge in [0.25, 0.3) is 5.09 Å². The van der Waals surface area contributed by atoms with Crippen molar-refractivity contribution in [3.8, 4) is 16.9 Å². The van der Waals surface area contributed by atoms with Gasteiger partial charge in [-0.3, -0.25) is 0 Å². The van der Waals surface area contributed by atoms with Gasteiger partial charge in [-0.2, -0.15) is 0 Å². The summed E-state index contributed by atoms with van der Waals surface area (Å²) in [6, 6.07) is 23.5. The average molecular weight is 502 g/mol. The van der Waals surface area contributed by atoms with E-state index in [2.05, 4.69) is 17.1 Å². The monoisotopic (exact) mass is 501 g/mol. The lowest BCUT2D eigenvalue weighted by Crippen LogP contribution is -2.15. The molecule has 10 heteroatoms. The summed E-state index contributed by atoms with van der Waals surface area (Å²) in [6.45, 7) is 0.640. The van der Waals surface area contributed by atoms with Gasteiger partial charge in [-0.25, -0.2) is 4.98 Å². The molecule has 3 aromatic carbocycles. The van der Waals surface area contributed by atoms with Crippen molar-refractivity contribution in [2.75, 3.05) is 6.79 Å². The van der Waals surface area contributed by atoms with Crippen LogP contribution in [0.5, 0.6) is 5.75 Å². The first-order chi connectivity index (χ1) is 16.4. The normalized spacial score (nSPS) is 11.2. The van der Waals surface area contributed by atoms with Crippen LogP contribution in [0.15, 0.2) is 91.5 Å². The average Bonchev–Trinajstić information content (AvgIpc) is 3.32. The highest BCUT2D eigenvalue weighted by atomic mass is 35.5. The molecule has 0 bridgehead atoms. The summed E-state index contributed by atoms with van der Waals surface area (Å²) in [7, 11) is 0. The number of nitrogens with zero attached hydrogens (tertiary/aromatic N) is 3. The van der Waals surface area contributed by atoms with Crippen LogP contribution in [0.4, 0.5) is 0 Å². The first-order valence-electron chi connectivity index (χ1n) is 10.1. The fourth-order valence-corrected chi connectivity index (χ4v) is 3.68. The third kappa shape index (κ3) is 7.77. The highest BCUT2D eigenvalue weighted by molar-refractivity contribution is 6.35. The number of imidazole rings is 1. The van der Waals surface area contributed by atoms with Crippen molar-refractivity contribution >= 4 is 23.2 Å². The Morgan fingerprint density at radius 1 is 1.03 bits per heavy atom. The summed E-state index contributed by atoms with van der Waals surface area (Å²) < 4.78 is 13.8. The van der Waals surface area contributed by atoms with Crippen molar-refractivity contribution in [3.63, 3.8) is 0 Å². The molecule has 0 spiro atoms. The minimum absolute atomic E-state index is 0.0863. The number of benzene rings is 3. The highest BCUT2D eigenvalue weighted by Gasteiger charge is 2.17. The lowest BCUT2D eigenvalue weighted by Gasteiger charge is -2.20. The number of rotatable bonds is 8. The molecule has 0 aliphatic rings. The zero-order valence-electron chi connectivity index (χ0n) is 17.8. The number of aromatic nitrogens is 2. The van der Waals surface area contributed by atoms with Gasteiger partial charge in [0.1, 0.15) is 11.9 Å². The molecule has 1 N–H and O–H groups in total. The Morgan fingerprint density at radius 2 is 1.71 bits per heavy atom. The molecule has 0 aliphatic carbocycles. The maximum Gasteiger partial charge on any atom is 0.291 e. The Bertz CT molecular complexity index is 1170. The summed E-state index contributed by atoms with van der Waals surface area (Å²) in [5.41, 5.74) is 3.14. The summed E-state index contributed by atoms with van der Waals surface area (Å²) in [5.74, 6) is 0.735. The van der Waals surface area contributed by atoms with Gasteiger partial charge in [0, 0.05) is 28.0 Å². The zero-order chi connectivity index (χ0) is 24.3. The lowest BCUT2D eigenvalue weighted by molar-refractivity contribution is -0.742. The smallest absolute Gasteiger partial charge is 0.291 e. The summed E-state index contributed by atoms with van der Waals surface area (Å²) >= 11 is 12.4. The van der Waals surface area contributed by atoms with Crippen LogP contribution in [0.1, 0.15) is 11.7 Å². The van der Waals surface area contributed by atoms with Crippen LogP contribution in [0.2, 0.25) is 10.0 Å². The van der Waals surface area contributed by atoms with Crippen LogP contribution >= 0.6 is 23.2 Å². The minimum Gasteiger partial charge on any atom is -0.468 e. The molecule has 176 valence electrons. The van der Waals surface area contributed by atoms with Gasteiger partial charge >= 0.3 is 0 Å². The summed E-state index contributed by atoms with van der Waals surface area (Å²) in [5, 5.41) is 14.8. The van der Waals surface area contributed by atoms with Gasteiger partial charge in [0.2, 0.25) is 0 Å². The second kappa shape index (κ2) is 12.6. The number of ether oxygens (including phenoxy) is 2. The van der Waals surface area contributed by atoms with Gasteiger partial charge in [0.05, 0.1) is 12.9 Å². The Morgan fingerprint density at radius 3 is 2.32 bits per heavy atom. The summed E-state index contributed by atoms with van der Waals surface area (Å²) in [4.78, 5) is 12.4. The lowest BCUT2D eigenvalue weighted by atomic mass is 10.1. The number of hydrogen-bond donors (Lipinski definition) is 1. The van der Waals surface area contributed by atoms with E-state index in [1.807, 2.05) is 59.3 Å². The first-order valence-corrected chi connectivity index (χ1v) is 10.8. The Balaban J connectivity index is 0.000000751. The van der Waals surface area contributed by atoms with Crippen LogP contribution in [-0.2, 0) is 11.3 Å². The topological polar surface area (TPSA) is 99.7 Å². The van der Waals surface area contributed by atoms with Crippen LogP contribution in [-0.4, -0.2) is 26.6 Å². The van der Waals surface area contributed by atoms with Crippen LogP contribution in [0, 0.1) is 10.1 Å². The number of hydrogen-bond acceptors (Lipinski definition) is 5. The molecule has 1 heterocycles. The van der Waals surface area contributed by atoms with E-state index in [0.29, 0.717) is 16.6 Å². The molecule has 34 heavy (non-hydrogen) atoms. The zero-order valence-corrected chi connectivity index (χ0v) is 19.3. The van der Waals surface area contributed by atoms with E-state index in [4.69, 9.17) is 48.0 Å². The van der Waals surface area contributed by atoms with Gasteiger partial charge in [-0.15, -0.1) is 10.1 Å². The van der Waals surface area contributed by atoms with E-state index in [0.717, 1.165) is 22.4 Å². The van der Waals surface area contributed by atoms with Crippen molar-refractivity contribution in [1.29, 1.82) is 0 Å². The molecule has 8 nitrogen and oxygen atoms in total. The molecule has 0 saturated heterocycles. The Hall–Kier alpha value is -3.59. The standard InChI is InChI=1S/C24H20Cl2N2O2.HNO3/c25-20-8-11-22(23(26)14-20)24(15-28-13-12-27-16-28)30-17-29-21-9-6-19(7-10-21)18-4-2-1-3-5-18;2-1(3)4/h1-14,16,24H,15,17H2;(H,2,3,4). The van der Waals surface area contributed by atoms with E-state index in [9.17, 15) is 0 Å². The molecule has 4 rings (SSSR count). The van der Waals surface area contributed by atoms with Crippen LogP contribution in [0.3, 0.4) is 0 Å². The summed E-state index contributed by atoms with van der Waals surface area (Å²) in [6.07, 6.45) is 5.03. The van der Waals surface area contributed by atoms with Gasteiger partial charge in [0.15, 0.2) is 6.79 Å². The predicted molar refractivity (Wildman–Crippen MR) is 129 cm³/mol. The maximum absolute atomic E-state index is 8.36. The van der Waals surface area contributed by atoms with Crippen molar-refractivity contribution < 1.29 is 19.8 Å². The van der Waals surface area contributed by atoms with E-state index in [-0.39, 0.29) is 12.9 Å². The van der Waals surface area contributed by atoms with E-state index in [1.165, 1.54) is 0 Å². The largest absolute Gasteiger partial charge is 0.468 e. The fourth-order valence-electron chi connectivity index (χ4n) is 3.15. The molecule has 1 atom stereocenters. The van der Waals surface area contributed by atoms with Crippen molar-refractivity contribution in [1.82, 2.24) is 9.55 Å².